The summed E-state index contributed by atoms with van der Waals surface area (Å²) < 4.78 is 11.2. The molecule has 0 bridgehead atoms. The van der Waals surface area contributed by atoms with Crippen LogP contribution in [0, 0.1) is 5.92 Å². The predicted molar refractivity (Wildman–Crippen MR) is 92.8 cm³/mol. The number of hydrogen-bond donors (Lipinski definition) is 1. The molecule has 1 amide bonds. The van der Waals surface area contributed by atoms with E-state index in [1.54, 1.807) is 0 Å². The van der Waals surface area contributed by atoms with Crippen LogP contribution in [0.3, 0.4) is 0 Å². The fourth-order valence-corrected chi connectivity index (χ4v) is 3.55. The van der Waals surface area contributed by atoms with Crippen LogP contribution < -0.4 is 5.32 Å². The Bertz CT molecular complexity index is 549. The summed E-state index contributed by atoms with van der Waals surface area (Å²) in [5.41, 5.74) is 0.945. The second kappa shape index (κ2) is 8.81. The van der Waals surface area contributed by atoms with Gasteiger partial charge < -0.3 is 19.7 Å². The van der Waals surface area contributed by atoms with Crippen LogP contribution in [0.25, 0.3) is 0 Å². The van der Waals surface area contributed by atoms with E-state index in [2.05, 4.69) is 10.2 Å². The van der Waals surface area contributed by atoms with Crippen LogP contribution >= 0.6 is 11.6 Å². The van der Waals surface area contributed by atoms with Gasteiger partial charge in [0, 0.05) is 37.0 Å². The van der Waals surface area contributed by atoms with Crippen molar-refractivity contribution in [2.45, 2.75) is 32.1 Å². The van der Waals surface area contributed by atoms with Gasteiger partial charge in [-0.25, -0.2) is 0 Å². The summed E-state index contributed by atoms with van der Waals surface area (Å²) in [4.78, 5) is 14.4. The first-order chi connectivity index (χ1) is 11.7. The smallest absolute Gasteiger partial charge is 0.221 e. The Kier molecular flexibility index (Phi) is 6.49. The number of benzene rings is 1. The first-order valence-corrected chi connectivity index (χ1v) is 9.06. The van der Waals surface area contributed by atoms with Crippen LogP contribution in [-0.4, -0.2) is 49.9 Å². The lowest BCUT2D eigenvalue weighted by Gasteiger charge is -2.34. The molecule has 6 heteroatoms. The van der Waals surface area contributed by atoms with Crippen molar-refractivity contribution in [3.63, 3.8) is 0 Å². The first kappa shape index (κ1) is 17.7. The Morgan fingerprint density at radius 2 is 2.08 bits per heavy atom. The molecule has 24 heavy (non-hydrogen) atoms. The number of halogens is 1. The van der Waals surface area contributed by atoms with E-state index in [1.165, 1.54) is 0 Å². The zero-order valence-corrected chi connectivity index (χ0v) is 14.6. The number of amides is 1. The van der Waals surface area contributed by atoms with Gasteiger partial charge in [-0.1, -0.05) is 29.8 Å². The number of nitrogens with zero attached hydrogens (tertiary/aromatic N) is 1. The maximum atomic E-state index is 12.1. The lowest BCUT2D eigenvalue weighted by molar-refractivity contribution is -0.122. The molecule has 2 aliphatic heterocycles. The molecule has 0 aromatic heterocycles. The van der Waals surface area contributed by atoms with E-state index in [-0.39, 0.29) is 12.2 Å². The van der Waals surface area contributed by atoms with Crippen molar-refractivity contribution in [1.29, 1.82) is 0 Å². The number of carbonyl (C=O) groups is 1. The molecule has 2 heterocycles. The molecule has 3 rings (SSSR count). The number of ether oxygens (including phenoxy) is 2. The van der Waals surface area contributed by atoms with Gasteiger partial charge in [-0.3, -0.25) is 4.79 Å². The number of piperidine rings is 1. The van der Waals surface area contributed by atoms with E-state index >= 15 is 0 Å². The largest absolute Gasteiger partial charge is 0.352 e. The summed E-state index contributed by atoms with van der Waals surface area (Å²) in [5.74, 6) is 0.484. The summed E-state index contributed by atoms with van der Waals surface area (Å²) in [6, 6.07) is 7.58. The van der Waals surface area contributed by atoms with Gasteiger partial charge in [-0.2, -0.15) is 0 Å². The van der Waals surface area contributed by atoms with Crippen molar-refractivity contribution >= 4 is 17.5 Å². The van der Waals surface area contributed by atoms with Crippen LogP contribution in [-0.2, 0) is 20.8 Å². The van der Waals surface area contributed by atoms with Gasteiger partial charge in [0.25, 0.3) is 0 Å². The zero-order chi connectivity index (χ0) is 16.8. The number of nitrogens with one attached hydrogen (secondary N) is 1. The summed E-state index contributed by atoms with van der Waals surface area (Å²) in [6.07, 6.45) is 2.72. The highest BCUT2D eigenvalue weighted by molar-refractivity contribution is 6.31. The minimum atomic E-state index is -0.0538. The van der Waals surface area contributed by atoms with E-state index < -0.39 is 0 Å². The summed E-state index contributed by atoms with van der Waals surface area (Å²) in [7, 11) is 0. The molecule has 0 saturated carbocycles. The SMILES string of the molecule is O=C(CCN1CCCC(C2OCCO2)C1)NCc1ccccc1Cl. The molecule has 0 spiro atoms. The Hall–Kier alpha value is -1.14. The fourth-order valence-electron chi connectivity index (χ4n) is 3.35. The van der Waals surface area contributed by atoms with Crippen molar-refractivity contribution < 1.29 is 14.3 Å². The van der Waals surface area contributed by atoms with Gasteiger partial charge in [0.1, 0.15) is 0 Å². The van der Waals surface area contributed by atoms with Gasteiger partial charge in [0.2, 0.25) is 5.91 Å². The van der Waals surface area contributed by atoms with E-state index in [9.17, 15) is 4.79 Å². The molecule has 0 radical (unpaired) electrons. The molecule has 5 nitrogen and oxygen atoms in total. The highest BCUT2D eigenvalue weighted by atomic mass is 35.5. The van der Waals surface area contributed by atoms with Crippen molar-refractivity contribution in [2.75, 3.05) is 32.8 Å². The Morgan fingerprint density at radius 3 is 2.88 bits per heavy atom. The Balaban J connectivity index is 1.38. The molecule has 1 N–H and O–H groups in total. The average Bonchev–Trinajstić information content (AvgIpc) is 3.14. The normalized spacial score (nSPS) is 22.6. The van der Waals surface area contributed by atoms with Crippen LogP contribution in [0.2, 0.25) is 5.02 Å². The molecule has 0 aliphatic carbocycles. The molecule has 2 fully saturated rings. The molecule has 1 atom stereocenters. The Morgan fingerprint density at radius 1 is 1.29 bits per heavy atom. The van der Waals surface area contributed by atoms with Crippen molar-refractivity contribution in [3.8, 4) is 0 Å². The lowest BCUT2D eigenvalue weighted by atomic mass is 9.97. The summed E-state index contributed by atoms with van der Waals surface area (Å²) in [6.45, 7) is 4.64. The second-order valence-corrected chi connectivity index (χ2v) is 6.84. The third-order valence-corrected chi connectivity index (χ3v) is 5.03. The zero-order valence-electron chi connectivity index (χ0n) is 13.9. The van der Waals surface area contributed by atoms with Crippen molar-refractivity contribution in [2.24, 2.45) is 5.92 Å². The summed E-state index contributed by atoms with van der Waals surface area (Å²) >= 11 is 6.10. The molecule has 2 aliphatic rings. The highest BCUT2D eigenvalue weighted by Gasteiger charge is 2.31. The topological polar surface area (TPSA) is 50.8 Å². The third-order valence-electron chi connectivity index (χ3n) is 4.66. The number of rotatable bonds is 6. The van der Waals surface area contributed by atoms with E-state index in [0.29, 0.717) is 37.1 Å². The predicted octanol–water partition coefficient (Wildman–Crippen LogP) is 2.43. The van der Waals surface area contributed by atoms with Gasteiger partial charge in [0.15, 0.2) is 6.29 Å². The minimum absolute atomic E-state index is 0.0538. The maximum Gasteiger partial charge on any atom is 0.221 e. The number of hydrogen-bond acceptors (Lipinski definition) is 4. The van der Waals surface area contributed by atoms with Crippen LogP contribution in [0.1, 0.15) is 24.8 Å². The monoisotopic (exact) mass is 352 g/mol. The number of likely N-dealkylation sites (tertiary alicyclic amines) is 1. The fraction of sp³-hybridized carbons (Fsp3) is 0.611. The lowest BCUT2D eigenvalue weighted by Crippen LogP contribution is -2.42. The van der Waals surface area contributed by atoms with Crippen molar-refractivity contribution in [1.82, 2.24) is 10.2 Å². The second-order valence-electron chi connectivity index (χ2n) is 6.43. The molecule has 1 aromatic carbocycles. The summed E-state index contributed by atoms with van der Waals surface area (Å²) in [5, 5.41) is 3.63. The quantitative estimate of drug-likeness (QED) is 0.854. The van der Waals surface area contributed by atoms with Gasteiger partial charge in [-0.05, 0) is 31.0 Å². The number of carbonyl (C=O) groups excluding carboxylic acids is 1. The van der Waals surface area contributed by atoms with Crippen LogP contribution in [0.5, 0.6) is 0 Å². The molecule has 1 unspecified atom stereocenters. The van der Waals surface area contributed by atoms with E-state index in [4.69, 9.17) is 21.1 Å². The molecule has 1 aromatic rings. The molecule has 2 saturated heterocycles. The first-order valence-electron chi connectivity index (χ1n) is 8.68. The standard InChI is InChI=1S/C18H25ClN2O3/c19-16-6-2-1-4-14(16)12-20-17(22)7-9-21-8-3-5-15(13-21)18-23-10-11-24-18/h1-2,4,6,15,18H,3,5,7-13H2,(H,20,22). The van der Waals surface area contributed by atoms with Gasteiger partial charge in [0.05, 0.1) is 13.2 Å². The molecular formula is C18H25ClN2O3. The van der Waals surface area contributed by atoms with Crippen LogP contribution in [0.4, 0.5) is 0 Å². The van der Waals surface area contributed by atoms with E-state index in [1.807, 2.05) is 24.3 Å². The maximum absolute atomic E-state index is 12.1. The Labute approximate surface area is 148 Å². The minimum Gasteiger partial charge on any atom is -0.352 e. The highest BCUT2D eigenvalue weighted by Crippen LogP contribution is 2.24. The van der Waals surface area contributed by atoms with E-state index in [0.717, 1.165) is 38.0 Å². The molecule has 132 valence electrons. The third kappa shape index (κ3) is 4.93. The van der Waals surface area contributed by atoms with Crippen LogP contribution in [0.15, 0.2) is 24.3 Å². The average molecular weight is 353 g/mol. The van der Waals surface area contributed by atoms with Crippen molar-refractivity contribution in [3.05, 3.63) is 34.9 Å². The molecular weight excluding hydrogens is 328 g/mol. The van der Waals surface area contributed by atoms with Gasteiger partial charge in [-0.15, -0.1) is 0 Å². The van der Waals surface area contributed by atoms with Gasteiger partial charge >= 0.3 is 0 Å².